The van der Waals surface area contributed by atoms with Crippen molar-refractivity contribution in [3.05, 3.63) is 40.8 Å². The molecule has 0 fully saturated rings. The molecule has 0 bridgehead atoms. The lowest BCUT2D eigenvalue weighted by molar-refractivity contribution is 0.746. The number of nitrogens with one attached hydrogen (secondary N) is 1. The van der Waals surface area contributed by atoms with Gasteiger partial charge in [0.25, 0.3) is 5.56 Å². The van der Waals surface area contributed by atoms with Gasteiger partial charge in [-0.15, -0.1) is 0 Å². The summed E-state index contributed by atoms with van der Waals surface area (Å²) in [6, 6.07) is 7.10. The van der Waals surface area contributed by atoms with E-state index in [9.17, 15) is 4.79 Å². The molecule has 66 valence electrons. The Morgan fingerprint density at radius 1 is 1.46 bits per heavy atom. The van der Waals surface area contributed by atoms with E-state index in [1.807, 2.05) is 0 Å². The number of nitrogens with two attached hydrogens (primary N) is 1. The van der Waals surface area contributed by atoms with Crippen molar-refractivity contribution in [2.45, 2.75) is 0 Å². The van der Waals surface area contributed by atoms with Crippen molar-refractivity contribution in [3.8, 4) is 5.69 Å². The quantitative estimate of drug-likeness (QED) is 0.607. The van der Waals surface area contributed by atoms with Crippen LogP contribution in [0.5, 0.6) is 0 Å². The molecule has 0 atom stereocenters. The Kier molecular flexibility index (Phi) is 1.63. The monoisotopic (exact) mass is 176 g/mol. The SMILES string of the molecule is Nc1cccc(-n2ncc(=O)[nH]2)c1. The summed E-state index contributed by atoms with van der Waals surface area (Å²) in [7, 11) is 0. The minimum absolute atomic E-state index is 0.234. The second kappa shape index (κ2) is 2.78. The maximum Gasteiger partial charge on any atom is 0.284 e. The molecule has 2 aromatic rings. The zero-order valence-electron chi connectivity index (χ0n) is 6.77. The highest BCUT2D eigenvalue weighted by Gasteiger charge is 1.97. The number of nitrogen functional groups attached to an aromatic ring is 1. The molecule has 0 radical (unpaired) electrons. The Labute approximate surface area is 73.8 Å². The third-order valence-corrected chi connectivity index (χ3v) is 1.62. The Bertz CT molecular complexity index is 471. The van der Waals surface area contributed by atoms with Gasteiger partial charge in [-0.1, -0.05) is 6.07 Å². The van der Waals surface area contributed by atoms with Gasteiger partial charge < -0.3 is 5.73 Å². The lowest BCUT2D eigenvalue weighted by Gasteiger charge is -2.00. The molecule has 0 saturated carbocycles. The van der Waals surface area contributed by atoms with Gasteiger partial charge in [-0.05, 0) is 18.2 Å². The molecule has 0 aliphatic heterocycles. The van der Waals surface area contributed by atoms with Crippen LogP contribution in [0.1, 0.15) is 0 Å². The van der Waals surface area contributed by atoms with Crippen LogP contribution in [-0.2, 0) is 0 Å². The number of anilines is 1. The first-order valence-corrected chi connectivity index (χ1v) is 3.76. The first-order valence-electron chi connectivity index (χ1n) is 3.76. The molecule has 1 aromatic carbocycles. The van der Waals surface area contributed by atoms with Gasteiger partial charge in [-0.25, -0.2) is 5.10 Å². The summed E-state index contributed by atoms with van der Waals surface area (Å²) >= 11 is 0. The number of nitrogens with zero attached hydrogens (tertiary/aromatic N) is 2. The van der Waals surface area contributed by atoms with Gasteiger partial charge in [0, 0.05) is 5.69 Å². The molecule has 1 heterocycles. The van der Waals surface area contributed by atoms with Crippen LogP contribution >= 0.6 is 0 Å². The zero-order valence-corrected chi connectivity index (χ0v) is 6.77. The van der Waals surface area contributed by atoms with Gasteiger partial charge in [-0.3, -0.25) is 4.79 Å². The van der Waals surface area contributed by atoms with Crippen LogP contribution in [0.4, 0.5) is 5.69 Å². The van der Waals surface area contributed by atoms with Crippen LogP contribution < -0.4 is 11.3 Å². The minimum atomic E-state index is -0.234. The highest BCUT2D eigenvalue weighted by atomic mass is 16.1. The molecule has 0 amide bonds. The van der Waals surface area contributed by atoms with Crippen LogP contribution in [0, 0.1) is 0 Å². The summed E-state index contributed by atoms with van der Waals surface area (Å²) in [6.45, 7) is 0. The van der Waals surface area contributed by atoms with E-state index in [2.05, 4.69) is 10.2 Å². The van der Waals surface area contributed by atoms with Crippen LogP contribution in [-0.4, -0.2) is 15.0 Å². The van der Waals surface area contributed by atoms with Crippen molar-refractivity contribution in [1.29, 1.82) is 0 Å². The van der Waals surface area contributed by atoms with E-state index >= 15 is 0 Å². The molecule has 5 nitrogen and oxygen atoms in total. The number of aromatic nitrogens is 3. The number of aromatic amines is 1. The molecule has 0 aliphatic rings. The molecular weight excluding hydrogens is 168 g/mol. The summed E-state index contributed by atoms with van der Waals surface area (Å²) in [4.78, 5) is 12.2. The fourth-order valence-corrected chi connectivity index (χ4v) is 1.06. The molecule has 2 rings (SSSR count). The summed E-state index contributed by atoms with van der Waals surface area (Å²) < 4.78 is 0. The smallest absolute Gasteiger partial charge is 0.284 e. The maximum atomic E-state index is 10.8. The number of hydrogen-bond acceptors (Lipinski definition) is 3. The molecule has 5 heteroatoms. The van der Waals surface area contributed by atoms with Crippen molar-refractivity contribution in [2.75, 3.05) is 5.73 Å². The highest BCUT2D eigenvalue weighted by Crippen LogP contribution is 2.08. The highest BCUT2D eigenvalue weighted by molar-refractivity contribution is 5.46. The first-order chi connectivity index (χ1) is 6.25. The summed E-state index contributed by atoms with van der Waals surface area (Å²) in [5, 5.41) is 6.33. The van der Waals surface area contributed by atoms with Crippen molar-refractivity contribution >= 4 is 5.69 Å². The Morgan fingerprint density at radius 3 is 2.92 bits per heavy atom. The van der Waals surface area contributed by atoms with Crippen molar-refractivity contribution in [3.63, 3.8) is 0 Å². The topological polar surface area (TPSA) is 76.7 Å². The second-order valence-electron chi connectivity index (χ2n) is 2.63. The lowest BCUT2D eigenvalue weighted by atomic mass is 10.3. The van der Waals surface area contributed by atoms with Crippen LogP contribution in [0.3, 0.4) is 0 Å². The van der Waals surface area contributed by atoms with Gasteiger partial charge in [0.05, 0.1) is 5.69 Å². The number of H-pyrrole nitrogens is 1. The maximum absolute atomic E-state index is 10.8. The second-order valence-corrected chi connectivity index (χ2v) is 2.63. The van der Waals surface area contributed by atoms with Crippen molar-refractivity contribution < 1.29 is 0 Å². The van der Waals surface area contributed by atoms with Crippen LogP contribution in [0.2, 0.25) is 0 Å². The van der Waals surface area contributed by atoms with E-state index in [0.29, 0.717) is 5.69 Å². The standard InChI is InChI=1S/C8H8N4O/c9-6-2-1-3-7(4-6)12-10-5-8(13)11-12/h1-5H,9H2,(H,11,13). The average Bonchev–Trinajstić information content (AvgIpc) is 2.52. The van der Waals surface area contributed by atoms with E-state index in [-0.39, 0.29) is 5.56 Å². The van der Waals surface area contributed by atoms with E-state index in [0.717, 1.165) is 5.69 Å². The molecule has 0 aliphatic carbocycles. The predicted octanol–water partition coefficient (Wildman–Crippen LogP) is 0.143. The van der Waals surface area contributed by atoms with Gasteiger partial charge >= 0.3 is 0 Å². The molecular formula is C8H8N4O. The van der Waals surface area contributed by atoms with Crippen LogP contribution in [0.15, 0.2) is 35.3 Å². The summed E-state index contributed by atoms with van der Waals surface area (Å²) in [5.74, 6) is 0. The van der Waals surface area contributed by atoms with E-state index < -0.39 is 0 Å². The Hall–Kier alpha value is -2.04. The van der Waals surface area contributed by atoms with Gasteiger partial charge in [0.1, 0.15) is 6.20 Å². The molecule has 0 saturated heterocycles. The fourth-order valence-electron chi connectivity index (χ4n) is 1.06. The van der Waals surface area contributed by atoms with Crippen molar-refractivity contribution in [2.24, 2.45) is 0 Å². The first kappa shape index (κ1) is 7.60. The predicted molar refractivity (Wildman–Crippen MR) is 48.6 cm³/mol. The fraction of sp³-hybridized carbons (Fsp3) is 0. The third-order valence-electron chi connectivity index (χ3n) is 1.62. The zero-order chi connectivity index (χ0) is 9.26. The number of benzene rings is 1. The number of rotatable bonds is 1. The van der Waals surface area contributed by atoms with Crippen molar-refractivity contribution in [1.82, 2.24) is 15.0 Å². The molecule has 0 spiro atoms. The van der Waals surface area contributed by atoms with Gasteiger partial charge in [-0.2, -0.15) is 9.90 Å². The largest absolute Gasteiger partial charge is 0.399 e. The minimum Gasteiger partial charge on any atom is -0.399 e. The summed E-state index contributed by atoms with van der Waals surface area (Å²) in [6.07, 6.45) is 1.21. The molecule has 1 aromatic heterocycles. The van der Waals surface area contributed by atoms with Crippen LogP contribution in [0.25, 0.3) is 5.69 Å². The third kappa shape index (κ3) is 1.44. The number of hydrogen-bond donors (Lipinski definition) is 2. The summed E-state index contributed by atoms with van der Waals surface area (Å²) in [5.41, 5.74) is 6.71. The average molecular weight is 176 g/mol. The Morgan fingerprint density at radius 2 is 2.31 bits per heavy atom. The molecule has 13 heavy (non-hydrogen) atoms. The van der Waals surface area contributed by atoms with E-state index in [1.165, 1.54) is 11.0 Å². The Balaban J connectivity index is 2.52. The lowest BCUT2D eigenvalue weighted by Crippen LogP contribution is -2.04. The van der Waals surface area contributed by atoms with E-state index in [1.54, 1.807) is 24.3 Å². The molecule has 0 unspecified atom stereocenters. The normalized spacial score (nSPS) is 10.2. The molecule has 3 N–H and O–H groups in total. The van der Waals surface area contributed by atoms with Gasteiger partial charge in [0.15, 0.2) is 0 Å². The van der Waals surface area contributed by atoms with E-state index in [4.69, 9.17) is 5.73 Å². The van der Waals surface area contributed by atoms with Gasteiger partial charge in [0.2, 0.25) is 0 Å².